The molecule has 2 rings (SSSR count). The Kier molecular flexibility index (Phi) is 4.63. The fraction of sp³-hybridized carbons (Fsp3) is 0.133. The van der Waals surface area contributed by atoms with Crippen LogP contribution in [0.2, 0.25) is 0 Å². The van der Waals surface area contributed by atoms with Gasteiger partial charge in [0.1, 0.15) is 0 Å². The first-order valence-electron chi connectivity index (χ1n) is 6.23. The van der Waals surface area contributed by atoms with E-state index in [4.69, 9.17) is 5.73 Å². The fourth-order valence-corrected chi connectivity index (χ4v) is 2.08. The molecule has 0 spiro atoms. The van der Waals surface area contributed by atoms with Crippen molar-refractivity contribution in [3.63, 3.8) is 0 Å². The number of anilines is 2. The Morgan fingerprint density at radius 3 is 2.55 bits per heavy atom. The van der Waals surface area contributed by atoms with Crippen molar-refractivity contribution in [3.8, 4) is 0 Å². The summed E-state index contributed by atoms with van der Waals surface area (Å²) in [6, 6.07) is 14.6. The maximum atomic E-state index is 11.9. The lowest BCUT2D eigenvalue weighted by atomic mass is 10.1. The van der Waals surface area contributed by atoms with Crippen molar-refractivity contribution >= 4 is 33.3 Å². The number of carbonyl (C=O) groups excluding carboxylic acids is 1. The normalized spacial score (nSPS) is 11.7. The summed E-state index contributed by atoms with van der Waals surface area (Å²) in [5.41, 5.74) is 7.99. The Morgan fingerprint density at radius 2 is 1.90 bits per heavy atom. The second-order valence-electron chi connectivity index (χ2n) is 4.50. The molecule has 0 aliphatic heterocycles. The van der Waals surface area contributed by atoms with Crippen LogP contribution in [-0.2, 0) is 0 Å². The molecular weight excluding hydrogens is 318 g/mol. The van der Waals surface area contributed by atoms with Gasteiger partial charge in [0.15, 0.2) is 0 Å². The van der Waals surface area contributed by atoms with Gasteiger partial charge in [-0.25, -0.2) is 4.79 Å². The largest absolute Gasteiger partial charge is 0.399 e. The van der Waals surface area contributed by atoms with Crippen molar-refractivity contribution in [3.05, 3.63) is 58.6 Å². The molecule has 1 atom stereocenters. The van der Waals surface area contributed by atoms with Crippen LogP contribution >= 0.6 is 15.9 Å². The van der Waals surface area contributed by atoms with Gasteiger partial charge < -0.3 is 16.4 Å². The van der Waals surface area contributed by atoms with E-state index in [0.717, 1.165) is 10.0 Å². The highest BCUT2D eigenvalue weighted by Gasteiger charge is 2.09. The standard InChI is InChI=1S/C15H16BrN3O/c1-10(11-5-7-12(16)8-6-11)18-15(20)19-14-4-2-3-13(17)9-14/h2-10H,17H2,1H3,(H2,18,19,20). The number of urea groups is 1. The maximum Gasteiger partial charge on any atom is 0.319 e. The van der Waals surface area contributed by atoms with Crippen LogP contribution in [0.5, 0.6) is 0 Å². The molecule has 1 unspecified atom stereocenters. The second-order valence-corrected chi connectivity index (χ2v) is 5.41. The highest BCUT2D eigenvalue weighted by atomic mass is 79.9. The van der Waals surface area contributed by atoms with Crippen LogP contribution in [0.4, 0.5) is 16.2 Å². The van der Waals surface area contributed by atoms with E-state index in [1.807, 2.05) is 31.2 Å². The number of nitrogens with two attached hydrogens (primary N) is 1. The number of nitrogen functional groups attached to an aromatic ring is 1. The smallest absolute Gasteiger partial charge is 0.319 e. The monoisotopic (exact) mass is 333 g/mol. The second kappa shape index (κ2) is 6.43. The molecule has 2 amide bonds. The number of carbonyl (C=O) groups is 1. The molecule has 4 nitrogen and oxygen atoms in total. The third kappa shape index (κ3) is 3.99. The summed E-state index contributed by atoms with van der Waals surface area (Å²) in [6.07, 6.45) is 0. The van der Waals surface area contributed by atoms with Crippen molar-refractivity contribution in [1.29, 1.82) is 0 Å². The topological polar surface area (TPSA) is 67.2 Å². The van der Waals surface area contributed by atoms with Crippen LogP contribution < -0.4 is 16.4 Å². The van der Waals surface area contributed by atoms with Crippen molar-refractivity contribution in [1.82, 2.24) is 5.32 Å². The first-order valence-corrected chi connectivity index (χ1v) is 7.02. The average Bonchev–Trinajstić information content (AvgIpc) is 2.39. The number of hydrogen-bond acceptors (Lipinski definition) is 2. The van der Waals surface area contributed by atoms with E-state index in [2.05, 4.69) is 26.6 Å². The molecule has 0 radical (unpaired) electrons. The molecule has 0 aromatic heterocycles. The van der Waals surface area contributed by atoms with Crippen LogP contribution in [0.15, 0.2) is 53.0 Å². The van der Waals surface area contributed by atoms with Crippen LogP contribution in [0.3, 0.4) is 0 Å². The van der Waals surface area contributed by atoms with E-state index in [1.54, 1.807) is 24.3 Å². The quantitative estimate of drug-likeness (QED) is 0.745. The molecule has 2 aromatic carbocycles. The fourth-order valence-electron chi connectivity index (χ4n) is 1.82. The summed E-state index contributed by atoms with van der Waals surface area (Å²) < 4.78 is 1.01. The number of amides is 2. The molecule has 20 heavy (non-hydrogen) atoms. The molecule has 0 aliphatic carbocycles. The van der Waals surface area contributed by atoms with Gasteiger partial charge in [0.05, 0.1) is 6.04 Å². The summed E-state index contributed by atoms with van der Waals surface area (Å²) >= 11 is 3.38. The number of nitrogens with one attached hydrogen (secondary N) is 2. The van der Waals surface area contributed by atoms with E-state index in [-0.39, 0.29) is 12.1 Å². The summed E-state index contributed by atoms with van der Waals surface area (Å²) in [4.78, 5) is 11.9. The first kappa shape index (κ1) is 14.4. The molecule has 104 valence electrons. The number of halogens is 1. The highest BCUT2D eigenvalue weighted by Crippen LogP contribution is 2.17. The summed E-state index contributed by atoms with van der Waals surface area (Å²) in [5, 5.41) is 5.63. The van der Waals surface area contributed by atoms with Gasteiger partial charge in [0.2, 0.25) is 0 Å². The van der Waals surface area contributed by atoms with E-state index in [1.165, 1.54) is 0 Å². The molecule has 0 aliphatic rings. The molecule has 4 N–H and O–H groups in total. The van der Waals surface area contributed by atoms with Gasteiger partial charge in [0, 0.05) is 15.8 Å². The Bertz CT molecular complexity index is 598. The van der Waals surface area contributed by atoms with E-state index >= 15 is 0 Å². The lowest BCUT2D eigenvalue weighted by Crippen LogP contribution is -2.31. The number of hydrogen-bond donors (Lipinski definition) is 3. The van der Waals surface area contributed by atoms with E-state index in [9.17, 15) is 4.79 Å². The highest BCUT2D eigenvalue weighted by molar-refractivity contribution is 9.10. The molecule has 0 heterocycles. The van der Waals surface area contributed by atoms with E-state index in [0.29, 0.717) is 11.4 Å². The minimum atomic E-state index is -0.258. The molecule has 0 saturated carbocycles. The van der Waals surface area contributed by atoms with E-state index < -0.39 is 0 Å². The first-order chi connectivity index (χ1) is 9.54. The molecular formula is C15H16BrN3O. The van der Waals surface area contributed by atoms with Crippen molar-refractivity contribution in [2.75, 3.05) is 11.1 Å². The lowest BCUT2D eigenvalue weighted by molar-refractivity contribution is 0.249. The maximum absolute atomic E-state index is 11.9. The van der Waals surface area contributed by atoms with Gasteiger partial charge in [0.25, 0.3) is 0 Å². The predicted molar refractivity (Wildman–Crippen MR) is 85.6 cm³/mol. The Morgan fingerprint density at radius 1 is 1.20 bits per heavy atom. The zero-order chi connectivity index (χ0) is 14.5. The predicted octanol–water partition coefficient (Wildman–Crippen LogP) is 3.91. The minimum absolute atomic E-state index is 0.0795. The molecule has 0 saturated heterocycles. The Labute approximate surface area is 126 Å². The van der Waals surface area contributed by atoms with Crippen LogP contribution in [-0.4, -0.2) is 6.03 Å². The van der Waals surface area contributed by atoms with Crippen LogP contribution in [0.25, 0.3) is 0 Å². The third-order valence-electron chi connectivity index (χ3n) is 2.86. The third-order valence-corrected chi connectivity index (χ3v) is 3.39. The zero-order valence-corrected chi connectivity index (χ0v) is 12.6. The van der Waals surface area contributed by atoms with Gasteiger partial charge in [-0.15, -0.1) is 0 Å². The van der Waals surface area contributed by atoms with Crippen molar-refractivity contribution in [2.24, 2.45) is 0 Å². The SMILES string of the molecule is CC(NC(=O)Nc1cccc(N)c1)c1ccc(Br)cc1. The van der Waals surface area contributed by atoms with Gasteiger partial charge in [-0.1, -0.05) is 34.1 Å². The van der Waals surface area contributed by atoms with Crippen molar-refractivity contribution < 1.29 is 4.79 Å². The van der Waals surface area contributed by atoms with Gasteiger partial charge in [-0.3, -0.25) is 0 Å². The Balaban J connectivity index is 1.95. The molecule has 0 fully saturated rings. The molecule has 5 heteroatoms. The van der Waals surface area contributed by atoms with Gasteiger partial charge in [-0.05, 0) is 42.8 Å². The van der Waals surface area contributed by atoms with Gasteiger partial charge in [-0.2, -0.15) is 0 Å². The summed E-state index contributed by atoms with van der Waals surface area (Å²) in [7, 11) is 0. The molecule has 2 aromatic rings. The van der Waals surface area contributed by atoms with Crippen molar-refractivity contribution in [2.45, 2.75) is 13.0 Å². The zero-order valence-electron chi connectivity index (χ0n) is 11.1. The average molecular weight is 334 g/mol. The van der Waals surface area contributed by atoms with Gasteiger partial charge >= 0.3 is 6.03 Å². The minimum Gasteiger partial charge on any atom is -0.399 e. The Hall–Kier alpha value is -2.01. The number of benzene rings is 2. The van der Waals surface area contributed by atoms with Crippen LogP contribution in [0, 0.1) is 0 Å². The summed E-state index contributed by atoms with van der Waals surface area (Å²) in [6.45, 7) is 1.93. The lowest BCUT2D eigenvalue weighted by Gasteiger charge is -2.15. The molecule has 0 bridgehead atoms. The number of rotatable bonds is 3. The summed E-state index contributed by atoms with van der Waals surface area (Å²) in [5.74, 6) is 0. The van der Waals surface area contributed by atoms with Crippen LogP contribution in [0.1, 0.15) is 18.5 Å².